The first-order valence-electron chi connectivity index (χ1n) is 9.73. The third-order valence-corrected chi connectivity index (χ3v) is 5.07. The van der Waals surface area contributed by atoms with E-state index in [1.807, 2.05) is 24.3 Å². The second-order valence-corrected chi connectivity index (χ2v) is 6.89. The standard InChI is InChI=1S/C21H26N4O5/c1-29-14-9-22-19-8-3-16(15-20(19)25(27)28)21(26)24-12-10-23(11-13-24)17-4-6-18(30-2)7-5-17/h3-8,15,22H,9-14H2,1-2H3. The number of hydrogen-bond acceptors (Lipinski definition) is 7. The minimum Gasteiger partial charge on any atom is -0.497 e. The van der Waals surface area contributed by atoms with Gasteiger partial charge in [0.2, 0.25) is 0 Å². The zero-order valence-corrected chi connectivity index (χ0v) is 17.2. The van der Waals surface area contributed by atoms with Crippen molar-refractivity contribution in [1.29, 1.82) is 0 Å². The first-order valence-corrected chi connectivity index (χ1v) is 9.73. The summed E-state index contributed by atoms with van der Waals surface area (Å²) in [5.74, 6) is 0.602. The lowest BCUT2D eigenvalue weighted by atomic mass is 10.1. The number of piperazine rings is 1. The van der Waals surface area contributed by atoms with Crippen molar-refractivity contribution in [3.63, 3.8) is 0 Å². The molecule has 1 N–H and O–H groups in total. The van der Waals surface area contributed by atoms with Crippen LogP contribution in [0, 0.1) is 10.1 Å². The molecule has 1 fully saturated rings. The van der Waals surface area contributed by atoms with Crippen LogP contribution in [0.25, 0.3) is 0 Å². The molecule has 0 unspecified atom stereocenters. The van der Waals surface area contributed by atoms with Gasteiger partial charge in [-0.15, -0.1) is 0 Å². The average molecular weight is 414 g/mol. The highest BCUT2D eigenvalue weighted by Crippen LogP contribution is 2.27. The molecule has 2 aromatic rings. The predicted molar refractivity (Wildman–Crippen MR) is 115 cm³/mol. The van der Waals surface area contributed by atoms with Gasteiger partial charge in [0.1, 0.15) is 11.4 Å². The number of anilines is 2. The van der Waals surface area contributed by atoms with Crippen LogP contribution in [0.1, 0.15) is 10.4 Å². The smallest absolute Gasteiger partial charge is 0.293 e. The number of nitro groups is 1. The van der Waals surface area contributed by atoms with Crippen LogP contribution in [0.4, 0.5) is 17.1 Å². The van der Waals surface area contributed by atoms with Gasteiger partial charge in [0.15, 0.2) is 0 Å². The summed E-state index contributed by atoms with van der Waals surface area (Å²) in [6.45, 7) is 3.35. The minimum absolute atomic E-state index is 0.117. The van der Waals surface area contributed by atoms with Crippen LogP contribution in [0.3, 0.4) is 0 Å². The SMILES string of the molecule is COCCNc1ccc(C(=O)N2CCN(c3ccc(OC)cc3)CC2)cc1[N+](=O)[O-]. The lowest BCUT2D eigenvalue weighted by Crippen LogP contribution is -2.48. The number of amides is 1. The Morgan fingerprint density at radius 3 is 2.40 bits per heavy atom. The lowest BCUT2D eigenvalue weighted by Gasteiger charge is -2.36. The van der Waals surface area contributed by atoms with Crippen LogP contribution in [0.5, 0.6) is 5.75 Å². The number of carbonyl (C=O) groups is 1. The summed E-state index contributed by atoms with van der Waals surface area (Å²) in [6, 6.07) is 12.4. The molecule has 1 heterocycles. The van der Waals surface area contributed by atoms with E-state index in [9.17, 15) is 14.9 Å². The van der Waals surface area contributed by atoms with Crippen molar-refractivity contribution in [2.24, 2.45) is 0 Å². The molecule has 9 heteroatoms. The number of rotatable bonds is 8. The van der Waals surface area contributed by atoms with Crippen molar-refractivity contribution in [3.05, 3.63) is 58.1 Å². The van der Waals surface area contributed by atoms with Gasteiger partial charge in [-0.05, 0) is 36.4 Å². The van der Waals surface area contributed by atoms with E-state index in [0.29, 0.717) is 50.6 Å². The molecule has 160 valence electrons. The molecular weight excluding hydrogens is 388 g/mol. The molecule has 9 nitrogen and oxygen atoms in total. The highest BCUT2D eigenvalue weighted by atomic mass is 16.6. The number of nitro benzene ring substituents is 1. The molecule has 0 bridgehead atoms. The molecule has 2 aromatic carbocycles. The summed E-state index contributed by atoms with van der Waals surface area (Å²) in [4.78, 5) is 27.8. The molecule has 0 atom stereocenters. The number of nitrogens with zero attached hydrogens (tertiary/aromatic N) is 3. The molecule has 1 aliphatic heterocycles. The van der Waals surface area contributed by atoms with Gasteiger partial charge in [-0.2, -0.15) is 0 Å². The Hall–Kier alpha value is -3.33. The third kappa shape index (κ3) is 4.98. The molecule has 1 aliphatic rings. The quantitative estimate of drug-likeness (QED) is 0.403. The van der Waals surface area contributed by atoms with E-state index in [4.69, 9.17) is 9.47 Å². The fourth-order valence-corrected chi connectivity index (χ4v) is 3.40. The molecule has 3 rings (SSSR count). The Morgan fingerprint density at radius 2 is 1.80 bits per heavy atom. The summed E-state index contributed by atoms with van der Waals surface area (Å²) in [5, 5.41) is 14.4. The minimum atomic E-state index is -0.479. The molecule has 0 radical (unpaired) electrons. The Labute approximate surface area is 175 Å². The van der Waals surface area contributed by atoms with Gasteiger partial charge in [0.25, 0.3) is 11.6 Å². The highest BCUT2D eigenvalue weighted by molar-refractivity contribution is 5.96. The van der Waals surface area contributed by atoms with E-state index < -0.39 is 4.92 Å². The van der Waals surface area contributed by atoms with E-state index in [1.165, 1.54) is 6.07 Å². The third-order valence-electron chi connectivity index (χ3n) is 5.07. The molecule has 1 saturated heterocycles. The lowest BCUT2D eigenvalue weighted by molar-refractivity contribution is -0.384. The van der Waals surface area contributed by atoms with Gasteiger partial charge in [-0.3, -0.25) is 14.9 Å². The van der Waals surface area contributed by atoms with Crippen molar-refractivity contribution in [2.45, 2.75) is 0 Å². The zero-order valence-electron chi connectivity index (χ0n) is 17.2. The first-order chi connectivity index (χ1) is 14.5. The van der Waals surface area contributed by atoms with Gasteiger partial charge in [-0.1, -0.05) is 0 Å². The van der Waals surface area contributed by atoms with E-state index in [2.05, 4.69) is 10.2 Å². The number of hydrogen-bond donors (Lipinski definition) is 1. The van der Waals surface area contributed by atoms with Crippen molar-refractivity contribution in [1.82, 2.24) is 4.90 Å². The number of methoxy groups -OCH3 is 2. The Morgan fingerprint density at radius 1 is 1.10 bits per heavy atom. The molecule has 30 heavy (non-hydrogen) atoms. The van der Waals surface area contributed by atoms with Crippen LogP contribution >= 0.6 is 0 Å². The van der Waals surface area contributed by atoms with Crippen molar-refractivity contribution >= 4 is 23.0 Å². The second-order valence-electron chi connectivity index (χ2n) is 6.89. The molecule has 0 aliphatic carbocycles. The summed E-state index contributed by atoms with van der Waals surface area (Å²) >= 11 is 0. The van der Waals surface area contributed by atoms with Gasteiger partial charge in [0, 0.05) is 57.2 Å². The van der Waals surface area contributed by atoms with Crippen molar-refractivity contribution < 1.29 is 19.2 Å². The molecule has 1 amide bonds. The first kappa shape index (κ1) is 21.4. The van der Waals surface area contributed by atoms with E-state index >= 15 is 0 Å². The highest BCUT2D eigenvalue weighted by Gasteiger charge is 2.25. The normalized spacial score (nSPS) is 13.8. The number of ether oxygens (including phenoxy) is 2. The average Bonchev–Trinajstić information content (AvgIpc) is 2.79. The molecule has 0 aromatic heterocycles. The molecular formula is C21H26N4O5. The van der Waals surface area contributed by atoms with E-state index in [-0.39, 0.29) is 11.6 Å². The van der Waals surface area contributed by atoms with Crippen LogP contribution < -0.4 is 15.0 Å². The van der Waals surface area contributed by atoms with Crippen molar-refractivity contribution in [3.8, 4) is 5.75 Å². The molecule has 0 spiro atoms. The fraction of sp³-hybridized carbons (Fsp3) is 0.381. The maximum Gasteiger partial charge on any atom is 0.293 e. The van der Waals surface area contributed by atoms with Crippen LogP contribution in [0.2, 0.25) is 0 Å². The summed E-state index contributed by atoms with van der Waals surface area (Å²) in [5.41, 5.74) is 1.65. The largest absolute Gasteiger partial charge is 0.497 e. The van der Waals surface area contributed by atoms with Crippen LogP contribution in [0.15, 0.2) is 42.5 Å². The number of carbonyl (C=O) groups excluding carboxylic acids is 1. The summed E-state index contributed by atoms with van der Waals surface area (Å²) in [6.07, 6.45) is 0. The maximum atomic E-state index is 12.9. The van der Waals surface area contributed by atoms with Gasteiger partial charge >= 0.3 is 0 Å². The number of nitrogens with one attached hydrogen (secondary N) is 1. The summed E-state index contributed by atoms with van der Waals surface area (Å²) in [7, 11) is 3.19. The topological polar surface area (TPSA) is 97.2 Å². The van der Waals surface area contributed by atoms with Gasteiger partial charge in [0.05, 0.1) is 18.6 Å². The van der Waals surface area contributed by atoms with E-state index in [0.717, 1.165) is 11.4 Å². The molecule has 0 saturated carbocycles. The Kier molecular flexibility index (Phi) is 7.08. The Bertz CT molecular complexity index is 879. The van der Waals surface area contributed by atoms with Gasteiger partial charge in [-0.25, -0.2) is 0 Å². The van der Waals surface area contributed by atoms with E-state index in [1.54, 1.807) is 31.3 Å². The second kappa shape index (κ2) is 9.93. The maximum absolute atomic E-state index is 12.9. The van der Waals surface area contributed by atoms with Gasteiger partial charge < -0.3 is 24.6 Å². The monoisotopic (exact) mass is 414 g/mol. The van der Waals surface area contributed by atoms with Crippen molar-refractivity contribution in [2.75, 3.05) is 63.8 Å². The summed E-state index contributed by atoms with van der Waals surface area (Å²) < 4.78 is 10.1. The zero-order chi connectivity index (χ0) is 21.5. The van der Waals surface area contributed by atoms with Crippen LogP contribution in [-0.4, -0.2) is 69.3 Å². The predicted octanol–water partition coefficient (Wildman–Crippen LogP) is 2.62. The fourth-order valence-electron chi connectivity index (χ4n) is 3.40. The Balaban J connectivity index is 1.65. The van der Waals surface area contributed by atoms with Crippen LogP contribution in [-0.2, 0) is 4.74 Å². The number of benzene rings is 2.